The third-order valence-corrected chi connectivity index (χ3v) is 1.55. The average Bonchev–Trinajstić information content (AvgIpc) is 2.12. The number of aliphatic hydroxyl groups excluding tert-OH is 1. The lowest BCUT2D eigenvalue weighted by Crippen LogP contribution is -2.49. The highest BCUT2D eigenvalue weighted by atomic mass is 16.3. The van der Waals surface area contributed by atoms with Crippen LogP contribution in [0.1, 0.15) is 6.92 Å². The molecule has 7 N–H and O–H groups in total. The Kier molecular flexibility index (Phi) is 5.10. The Morgan fingerprint density at radius 2 is 1.87 bits per heavy atom. The summed E-state index contributed by atoms with van der Waals surface area (Å²) in [6.45, 7) is 1.09. The molecule has 0 saturated carbocycles. The van der Waals surface area contributed by atoms with Crippen LogP contribution in [0, 0.1) is 0 Å². The molecule has 0 rings (SSSR count). The Morgan fingerprint density at radius 3 is 2.27 bits per heavy atom. The number of primary amides is 2. The topological polar surface area (TPSA) is 148 Å². The minimum Gasteiger partial charge on any atom is -0.381 e. The molecule has 4 amide bonds. The zero-order valence-electron chi connectivity index (χ0n) is 8.19. The SMILES string of the molecule is CC(NC(N)=O)C(=O)NCC(O)C(N)=O. The number of carbonyl (C=O) groups excluding carboxylic acids is 3. The number of urea groups is 1. The summed E-state index contributed by atoms with van der Waals surface area (Å²) in [5, 5.41) is 13.3. The Labute approximate surface area is 86.0 Å². The van der Waals surface area contributed by atoms with Gasteiger partial charge in [-0.05, 0) is 6.92 Å². The Bertz CT molecular complexity index is 268. The molecule has 86 valence electrons. The normalized spacial score (nSPS) is 13.7. The number of nitrogens with two attached hydrogens (primary N) is 2. The van der Waals surface area contributed by atoms with Gasteiger partial charge >= 0.3 is 6.03 Å². The van der Waals surface area contributed by atoms with Crippen LogP contribution in [0.25, 0.3) is 0 Å². The zero-order chi connectivity index (χ0) is 12.0. The fraction of sp³-hybridized carbons (Fsp3) is 0.571. The van der Waals surface area contributed by atoms with Crippen molar-refractivity contribution in [3.05, 3.63) is 0 Å². The number of rotatable bonds is 5. The highest BCUT2D eigenvalue weighted by Gasteiger charge is 2.16. The molecule has 0 aliphatic heterocycles. The molecule has 0 aromatic carbocycles. The van der Waals surface area contributed by atoms with Crippen LogP contribution in [0.4, 0.5) is 4.79 Å². The highest BCUT2D eigenvalue weighted by molar-refractivity contribution is 5.86. The molecule has 2 atom stereocenters. The van der Waals surface area contributed by atoms with Gasteiger partial charge in [0.05, 0.1) is 6.54 Å². The predicted octanol–water partition coefficient (Wildman–Crippen LogP) is -2.99. The summed E-state index contributed by atoms with van der Waals surface area (Å²) >= 11 is 0. The van der Waals surface area contributed by atoms with Crippen LogP contribution in [0.2, 0.25) is 0 Å². The second-order valence-corrected chi connectivity index (χ2v) is 2.89. The fourth-order valence-electron chi connectivity index (χ4n) is 0.730. The maximum absolute atomic E-state index is 11.2. The van der Waals surface area contributed by atoms with Gasteiger partial charge in [0.1, 0.15) is 12.1 Å². The molecule has 0 aliphatic carbocycles. The smallest absolute Gasteiger partial charge is 0.312 e. The van der Waals surface area contributed by atoms with E-state index in [0.717, 1.165) is 0 Å². The summed E-state index contributed by atoms with van der Waals surface area (Å²) in [5.41, 5.74) is 9.53. The van der Waals surface area contributed by atoms with Gasteiger partial charge in [-0.3, -0.25) is 9.59 Å². The number of carbonyl (C=O) groups is 3. The van der Waals surface area contributed by atoms with Gasteiger partial charge in [-0.25, -0.2) is 4.79 Å². The van der Waals surface area contributed by atoms with Crippen LogP contribution in [0.5, 0.6) is 0 Å². The lowest BCUT2D eigenvalue weighted by atomic mass is 10.3. The molecule has 0 radical (unpaired) electrons. The third-order valence-electron chi connectivity index (χ3n) is 1.55. The van der Waals surface area contributed by atoms with E-state index in [9.17, 15) is 14.4 Å². The number of nitrogens with one attached hydrogen (secondary N) is 2. The van der Waals surface area contributed by atoms with E-state index in [1.165, 1.54) is 6.92 Å². The zero-order valence-corrected chi connectivity index (χ0v) is 8.19. The van der Waals surface area contributed by atoms with Gasteiger partial charge in [0.15, 0.2) is 0 Å². The Hall–Kier alpha value is -1.83. The second kappa shape index (κ2) is 5.81. The lowest BCUT2D eigenvalue weighted by Gasteiger charge is -2.13. The van der Waals surface area contributed by atoms with E-state index in [-0.39, 0.29) is 6.54 Å². The van der Waals surface area contributed by atoms with Gasteiger partial charge in [0, 0.05) is 0 Å². The van der Waals surface area contributed by atoms with Crippen LogP contribution >= 0.6 is 0 Å². The first-order valence-corrected chi connectivity index (χ1v) is 4.15. The molecule has 2 unspecified atom stereocenters. The molecular formula is C7H14N4O4. The first kappa shape index (κ1) is 13.2. The van der Waals surface area contributed by atoms with Gasteiger partial charge in [-0.1, -0.05) is 0 Å². The van der Waals surface area contributed by atoms with Crippen LogP contribution in [0.3, 0.4) is 0 Å². The number of aliphatic hydroxyl groups is 1. The summed E-state index contributed by atoms with van der Waals surface area (Å²) < 4.78 is 0. The van der Waals surface area contributed by atoms with Crippen molar-refractivity contribution in [1.82, 2.24) is 10.6 Å². The van der Waals surface area contributed by atoms with E-state index in [2.05, 4.69) is 10.6 Å². The molecular weight excluding hydrogens is 204 g/mol. The molecule has 0 heterocycles. The van der Waals surface area contributed by atoms with Crippen molar-refractivity contribution in [1.29, 1.82) is 0 Å². The van der Waals surface area contributed by atoms with Gasteiger partial charge in [0.2, 0.25) is 11.8 Å². The van der Waals surface area contributed by atoms with E-state index < -0.39 is 30.0 Å². The van der Waals surface area contributed by atoms with Crippen molar-refractivity contribution in [3.63, 3.8) is 0 Å². The Morgan fingerprint density at radius 1 is 1.33 bits per heavy atom. The van der Waals surface area contributed by atoms with Crippen LogP contribution in [-0.2, 0) is 9.59 Å². The molecule has 8 heteroatoms. The van der Waals surface area contributed by atoms with E-state index in [1.807, 2.05) is 0 Å². The van der Waals surface area contributed by atoms with Gasteiger partial charge in [-0.15, -0.1) is 0 Å². The molecule has 0 aliphatic rings. The Balaban J connectivity index is 3.93. The minimum absolute atomic E-state index is 0.307. The minimum atomic E-state index is -1.45. The molecule has 15 heavy (non-hydrogen) atoms. The molecule has 0 bridgehead atoms. The molecule has 8 nitrogen and oxygen atoms in total. The van der Waals surface area contributed by atoms with Gasteiger partial charge in [0.25, 0.3) is 0 Å². The van der Waals surface area contributed by atoms with Crippen molar-refractivity contribution in [2.45, 2.75) is 19.1 Å². The second-order valence-electron chi connectivity index (χ2n) is 2.89. The third kappa shape index (κ3) is 5.47. The van der Waals surface area contributed by atoms with Crippen molar-refractivity contribution < 1.29 is 19.5 Å². The number of hydrogen-bond donors (Lipinski definition) is 5. The van der Waals surface area contributed by atoms with Gasteiger partial charge < -0.3 is 27.2 Å². The monoisotopic (exact) mass is 218 g/mol. The van der Waals surface area contributed by atoms with E-state index in [1.54, 1.807) is 0 Å². The average molecular weight is 218 g/mol. The lowest BCUT2D eigenvalue weighted by molar-refractivity contribution is -0.127. The van der Waals surface area contributed by atoms with Crippen molar-refractivity contribution in [3.8, 4) is 0 Å². The predicted molar refractivity (Wildman–Crippen MR) is 50.4 cm³/mol. The van der Waals surface area contributed by atoms with E-state index in [4.69, 9.17) is 16.6 Å². The summed E-state index contributed by atoms with van der Waals surface area (Å²) in [4.78, 5) is 31.9. The fourth-order valence-corrected chi connectivity index (χ4v) is 0.730. The number of amides is 4. The van der Waals surface area contributed by atoms with Crippen LogP contribution < -0.4 is 22.1 Å². The van der Waals surface area contributed by atoms with Crippen molar-refractivity contribution >= 4 is 17.8 Å². The molecule has 0 saturated heterocycles. The summed E-state index contributed by atoms with van der Waals surface area (Å²) in [6.07, 6.45) is -1.45. The van der Waals surface area contributed by atoms with Crippen molar-refractivity contribution in [2.24, 2.45) is 11.5 Å². The quantitative estimate of drug-likeness (QED) is 0.334. The maximum atomic E-state index is 11.2. The van der Waals surface area contributed by atoms with Crippen LogP contribution in [-0.4, -0.2) is 41.6 Å². The summed E-state index contributed by atoms with van der Waals surface area (Å²) in [7, 11) is 0. The standard InChI is InChI=1S/C7H14N4O4/c1-3(11-7(9)15)6(14)10-2-4(12)5(8)13/h3-4,12H,2H2,1H3,(H2,8,13)(H,10,14)(H3,9,11,15). The van der Waals surface area contributed by atoms with Crippen molar-refractivity contribution in [2.75, 3.05) is 6.54 Å². The summed E-state index contributed by atoms with van der Waals surface area (Å²) in [6, 6.07) is -1.68. The largest absolute Gasteiger partial charge is 0.381 e. The maximum Gasteiger partial charge on any atom is 0.312 e. The first-order chi connectivity index (χ1) is 6.84. The first-order valence-electron chi connectivity index (χ1n) is 4.15. The van der Waals surface area contributed by atoms with E-state index in [0.29, 0.717) is 0 Å². The number of hydrogen-bond acceptors (Lipinski definition) is 4. The molecule has 0 fully saturated rings. The molecule has 0 aromatic rings. The van der Waals surface area contributed by atoms with E-state index >= 15 is 0 Å². The molecule has 0 spiro atoms. The highest BCUT2D eigenvalue weighted by Crippen LogP contribution is 1.83. The summed E-state index contributed by atoms with van der Waals surface area (Å²) in [5.74, 6) is -1.51. The van der Waals surface area contributed by atoms with Gasteiger partial charge in [-0.2, -0.15) is 0 Å². The van der Waals surface area contributed by atoms with Crippen LogP contribution in [0.15, 0.2) is 0 Å². The molecule has 0 aromatic heterocycles.